The zero-order valence-corrected chi connectivity index (χ0v) is 34.1. The normalized spacial score (nSPS) is 18.7. The molecule has 1 N–H and O–H groups in total. The van der Waals surface area contributed by atoms with Crippen LogP contribution in [0.25, 0.3) is 5.57 Å². The highest BCUT2D eigenvalue weighted by Crippen LogP contribution is 2.43. The van der Waals surface area contributed by atoms with Crippen molar-refractivity contribution in [3.05, 3.63) is 99.5 Å². The summed E-state index contributed by atoms with van der Waals surface area (Å²) in [6.07, 6.45) is 2.48. The minimum atomic E-state index is -1.85. The molecule has 3 aliphatic rings. The molecule has 2 amide bonds. The fraction of sp³-hybridized carbons (Fsp3) is 0.436. The Morgan fingerprint density at radius 3 is 2.08 bits per heavy atom. The summed E-state index contributed by atoms with van der Waals surface area (Å²) in [5.74, 6) is 1.41. The minimum absolute atomic E-state index is 0. The summed E-state index contributed by atoms with van der Waals surface area (Å²) < 4.78 is 16.8. The van der Waals surface area contributed by atoms with Crippen LogP contribution < -0.4 is 14.8 Å². The lowest BCUT2D eigenvalue weighted by Gasteiger charge is -2.48. The number of hydrogen-bond acceptors (Lipinski definition) is 6. The van der Waals surface area contributed by atoms with Gasteiger partial charge in [-0.1, -0.05) is 92.7 Å². The van der Waals surface area contributed by atoms with Gasteiger partial charge in [-0.05, 0) is 99.6 Å². The second-order valence-corrected chi connectivity index (χ2v) is 17.0. The molecule has 0 radical (unpaired) electrons. The molecule has 0 aromatic heterocycles. The summed E-state index contributed by atoms with van der Waals surface area (Å²) in [5, 5.41) is 3.45. The van der Waals surface area contributed by atoms with Gasteiger partial charge < -0.3 is 24.4 Å². The zero-order chi connectivity index (χ0) is 36.3. The van der Waals surface area contributed by atoms with Crippen LogP contribution in [0.2, 0.25) is 0 Å². The van der Waals surface area contributed by atoms with Crippen molar-refractivity contribution in [2.45, 2.75) is 74.0 Å². The van der Waals surface area contributed by atoms with E-state index in [0.29, 0.717) is 50.6 Å². The Hall–Kier alpha value is -2.66. The third kappa shape index (κ3) is 9.71. The number of piperazine rings is 1. The number of benzene rings is 3. The molecule has 2 heterocycles. The molecular formula is C39H44BrCl4N3O5. The highest BCUT2D eigenvalue weighted by molar-refractivity contribution is 9.10. The van der Waals surface area contributed by atoms with Crippen LogP contribution in [-0.4, -0.2) is 82.2 Å². The van der Waals surface area contributed by atoms with E-state index in [1.807, 2.05) is 53.4 Å². The van der Waals surface area contributed by atoms with Gasteiger partial charge in [-0.2, -0.15) is 0 Å². The predicted octanol–water partition coefficient (Wildman–Crippen LogP) is 8.96. The van der Waals surface area contributed by atoms with Crippen molar-refractivity contribution in [3.63, 3.8) is 0 Å². The van der Waals surface area contributed by atoms with E-state index in [0.717, 1.165) is 40.6 Å². The maximum Gasteiger partial charge on any atom is 0.411 e. The lowest BCUT2D eigenvalue weighted by Crippen LogP contribution is -2.64. The molecule has 2 atom stereocenters. The number of nitrogens with one attached hydrogen (secondary N) is 1. The third-order valence-electron chi connectivity index (χ3n) is 9.66. The van der Waals surface area contributed by atoms with Gasteiger partial charge in [-0.15, -0.1) is 12.4 Å². The molecule has 0 spiro atoms. The molecule has 2 aliphatic heterocycles. The summed E-state index contributed by atoms with van der Waals surface area (Å²) >= 11 is 22.1. The first-order valence-electron chi connectivity index (χ1n) is 17.3. The highest BCUT2D eigenvalue weighted by atomic mass is 79.9. The summed E-state index contributed by atoms with van der Waals surface area (Å²) in [6.45, 7) is 7.47. The Morgan fingerprint density at radius 1 is 0.904 bits per heavy atom. The predicted molar refractivity (Wildman–Crippen MR) is 213 cm³/mol. The lowest BCUT2D eigenvalue weighted by molar-refractivity contribution is -0.128. The number of aryl methyl sites for hydroxylation is 1. The highest BCUT2D eigenvalue weighted by Gasteiger charge is 2.50. The number of halogens is 5. The Labute approximate surface area is 335 Å². The molecule has 1 saturated carbocycles. The van der Waals surface area contributed by atoms with E-state index in [1.165, 1.54) is 11.1 Å². The number of carbonyl (C=O) groups is 2. The van der Waals surface area contributed by atoms with Gasteiger partial charge in [0.1, 0.15) is 24.7 Å². The van der Waals surface area contributed by atoms with Crippen molar-refractivity contribution in [1.29, 1.82) is 0 Å². The van der Waals surface area contributed by atoms with E-state index in [2.05, 4.69) is 52.4 Å². The van der Waals surface area contributed by atoms with Gasteiger partial charge in [-0.25, -0.2) is 4.79 Å². The van der Waals surface area contributed by atoms with Gasteiger partial charge in [-0.3, -0.25) is 9.69 Å². The standard InChI is InChI=1S/C39H43BrCl3N3O5.ClH/c1-25-4-6-26(7-5-25)18-19-45(29-12-13-29)36(47)35-33(22-30-23-44-24-34(35)46(30)37(48)51-38(2,3)39(41,42)43)27-8-14-31(15-9-27)49-20-21-50-32-16-10-28(40)11-17-32;/h4-11,14-17,29-30,34,44H,12-13,18-24H2,1-3H3;1H. The van der Waals surface area contributed by atoms with Crippen molar-refractivity contribution in [2.24, 2.45) is 0 Å². The average Bonchev–Trinajstić information content (AvgIpc) is 3.93. The van der Waals surface area contributed by atoms with E-state index in [4.69, 9.17) is 49.0 Å². The maximum atomic E-state index is 14.9. The maximum absolute atomic E-state index is 14.9. The molecule has 280 valence electrons. The Kier molecular flexibility index (Phi) is 13.4. The van der Waals surface area contributed by atoms with Gasteiger partial charge in [0.2, 0.25) is 3.79 Å². The first kappa shape index (κ1) is 40.5. The molecule has 1 aliphatic carbocycles. The molecule has 2 fully saturated rings. The molecule has 1 saturated heterocycles. The summed E-state index contributed by atoms with van der Waals surface area (Å²) in [4.78, 5) is 32.5. The molecule has 2 unspecified atom stereocenters. The lowest BCUT2D eigenvalue weighted by atomic mass is 9.82. The van der Waals surface area contributed by atoms with Crippen LogP contribution in [0, 0.1) is 6.92 Å². The van der Waals surface area contributed by atoms with Crippen LogP contribution in [0.5, 0.6) is 11.5 Å². The van der Waals surface area contributed by atoms with Crippen molar-refractivity contribution < 1.29 is 23.8 Å². The number of alkyl halides is 3. The Morgan fingerprint density at radius 2 is 1.50 bits per heavy atom. The second kappa shape index (κ2) is 17.2. The van der Waals surface area contributed by atoms with E-state index < -0.39 is 21.5 Å². The van der Waals surface area contributed by atoms with Gasteiger partial charge in [0.25, 0.3) is 5.91 Å². The molecule has 3 aromatic carbocycles. The molecule has 6 rings (SSSR count). The minimum Gasteiger partial charge on any atom is -0.490 e. The van der Waals surface area contributed by atoms with E-state index in [9.17, 15) is 9.59 Å². The fourth-order valence-electron chi connectivity index (χ4n) is 6.54. The quantitative estimate of drug-likeness (QED) is 0.145. The molecule has 13 heteroatoms. The van der Waals surface area contributed by atoms with Crippen molar-refractivity contribution in [3.8, 4) is 11.5 Å². The summed E-state index contributed by atoms with van der Waals surface area (Å²) in [6, 6.07) is 23.2. The molecule has 52 heavy (non-hydrogen) atoms. The monoisotopic (exact) mass is 853 g/mol. The Bertz CT molecular complexity index is 1730. The number of amides is 2. The number of fused-ring (bicyclic) bond motifs is 2. The first-order chi connectivity index (χ1) is 24.3. The van der Waals surface area contributed by atoms with Crippen LogP contribution >= 0.6 is 63.1 Å². The largest absolute Gasteiger partial charge is 0.490 e. The molecular weight excluding hydrogens is 812 g/mol. The van der Waals surface area contributed by atoms with E-state index in [-0.39, 0.29) is 30.4 Å². The van der Waals surface area contributed by atoms with Crippen molar-refractivity contribution >= 4 is 80.7 Å². The second-order valence-electron chi connectivity index (χ2n) is 13.8. The van der Waals surface area contributed by atoms with Gasteiger partial charge in [0.15, 0.2) is 5.60 Å². The van der Waals surface area contributed by atoms with Crippen LogP contribution in [0.3, 0.4) is 0 Å². The SMILES string of the molecule is Cc1ccc(CCN(C(=O)C2=C(c3ccc(OCCOc4ccc(Br)cc4)cc3)CC3CNCC2N3C(=O)OC(C)(C)C(Cl)(Cl)Cl)C2CC2)cc1.Cl. The Balaban J connectivity index is 0.00000523. The summed E-state index contributed by atoms with van der Waals surface area (Å²) in [7, 11) is 0. The number of carbonyl (C=O) groups excluding carboxylic acids is 2. The zero-order valence-electron chi connectivity index (χ0n) is 29.4. The van der Waals surface area contributed by atoms with Crippen LogP contribution in [0.4, 0.5) is 4.79 Å². The van der Waals surface area contributed by atoms with Gasteiger partial charge in [0, 0.05) is 35.7 Å². The van der Waals surface area contributed by atoms with Gasteiger partial charge in [0.05, 0.1) is 12.1 Å². The van der Waals surface area contributed by atoms with Crippen LogP contribution in [-0.2, 0) is 16.0 Å². The topological polar surface area (TPSA) is 80.3 Å². The fourth-order valence-corrected chi connectivity index (χ4v) is 6.92. The number of hydrogen-bond donors (Lipinski definition) is 1. The number of ether oxygens (including phenoxy) is 3. The number of nitrogens with zero attached hydrogens (tertiary/aromatic N) is 2. The van der Waals surface area contributed by atoms with Crippen LogP contribution in [0.15, 0.2) is 82.8 Å². The van der Waals surface area contributed by atoms with Crippen molar-refractivity contribution in [1.82, 2.24) is 15.1 Å². The van der Waals surface area contributed by atoms with E-state index in [1.54, 1.807) is 18.7 Å². The molecule has 3 aromatic rings. The third-order valence-corrected chi connectivity index (χ3v) is 11.6. The summed E-state index contributed by atoms with van der Waals surface area (Å²) in [5.41, 5.74) is 3.39. The van der Waals surface area contributed by atoms with Gasteiger partial charge >= 0.3 is 6.09 Å². The number of rotatable bonds is 12. The molecule has 8 nitrogen and oxygen atoms in total. The van der Waals surface area contributed by atoms with Crippen LogP contribution in [0.1, 0.15) is 49.8 Å². The molecule has 2 bridgehead atoms. The smallest absolute Gasteiger partial charge is 0.411 e. The van der Waals surface area contributed by atoms with E-state index >= 15 is 0 Å². The average molecular weight is 857 g/mol. The van der Waals surface area contributed by atoms with Crippen molar-refractivity contribution in [2.75, 3.05) is 32.8 Å². The first-order valence-corrected chi connectivity index (χ1v) is 19.2.